The van der Waals surface area contributed by atoms with Crippen molar-refractivity contribution in [1.29, 1.82) is 0 Å². The summed E-state index contributed by atoms with van der Waals surface area (Å²) >= 11 is 0. The smallest absolute Gasteiger partial charge is 0.342 e. The van der Waals surface area contributed by atoms with Crippen LogP contribution in [0.25, 0.3) is 16.9 Å². The van der Waals surface area contributed by atoms with Crippen molar-refractivity contribution in [3.05, 3.63) is 71.7 Å². The standard InChI is InChI=1S/C22H20FN3O3/c1-14-3-2-4-15(11-14)21-19(22(28)29-13-20(27)24-17-7-8-17)12-26(25-21)18-9-5-16(23)6-10-18/h2-6,9-12,17H,7-8,13H2,1H3,(H,24,27). The first-order valence-corrected chi connectivity index (χ1v) is 9.39. The number of esters is 1. The summed E-state index contributed by atoms with van der Waals surface area (Å²) in [4.78, 5) is 24.6. The van der Waals surface area contributed by atoms with Gasteiger partial charge in [0.1, 0.15) is 17.1 Å². The number of nitrogens with zero attached hydrogens (tertiary/aromatic N) is 2. The number of carbonyl (C=O) groups excluding carboxylic acids is 2. The van der Waals surface area contributed by atoms with E-state index in [1.165, 1.54) is 23.0 Å². The molecule has 0 bridgehead atoms. The Morgan fingerprint density at radius 1 is 1.21 bits per heavy atom. The van der Waals surface area contributed by atoms with E-state index in [-0.39, 0.29) is 29.9 Å². The lowest BCUT2D eigenvalue weighted by Gasteiger charge is -2.06. The van der Waals surface area contributed by atoms with Crippen molar-refractivity contribution in [2.45, 2.75) is 25.8 Å². The average molecular weight is 393 g/mol. The van der Waals surface area contributed by atoms with Gasteiger partial charge in [0.05, 0.1) is 5.69 Å². The highest BCUT2D eigenvalue weighted by Crippen LogP contribution is 2.25. The summed E-state index contributed by atoms with van der Waals surface area (Å²) in [5.74, 6) is -1.31. The summed E-state index contributed by atoms with van der Waals surface area (Å²) < 4.78 is 20.0. The lowest BCUT2D eigenvalue weighted by atomic mass is 10.1. The van der Waals surface area contributed by atoms with Gasteiger partial charge in [-0.25, -0.2) is 13.9 Å². The molecule has 0 aliphatic heterocycles. The van der Waals surface area contributed by atoms with Crippen LogP contribution in [-0.2, 0) is 9.53 Å². The summed E-state index contributed by atoms with van der Waals surface area (Å²) in [6.07, 6.45) is 3.45. The van der Waals surface area contributed by atoms with E-state index >= 15 is 0 Å². The zero-order valence-corrected chi connectivity index (χ0v) is 15.9. The van der Waals surface area contributed by atoms with Crippen LogP contribution >= 0.6 is 0 Å². The lowest BCUT2D eigenvalue weighted by Crippen LogP contribution is -2.30. The number of rotatable bonds is 6. The molecule has 1 aromatic heterocycles. The fraction of sp³-hybridized carbons (Fsp3) is 0.227. The number of ether oxygens (including phenoxy) is 1. The van der Waals surface area contributed by atoms with Crippen LogP contribution in [0.5, 0.6) is 0 Å². The molecule has 4 rings (SSSR count). The monoisotopic (exact) mass is 393 g/mol. The molecule has 7 heteroatoms. The minimum absolute atomic E-state index is 0.199. The normalized spacial score (nSPS) is 13.2. The molecule has 1 heterocycles. The Morgan fingerprint density at radius 3 is 2.66 bits per heavy atom. The molecule has 1 fully saturated rings. The molecule has 1 saturated carbocycles. The topological polar surface area (TPSA) is 73.2 Å². The first-order chi connectivity index (χ1) is 14.0. The van der Waals surface area contributed by atoms with Gasteiger partial charge in [0, 0.05) is 17.8 Å². The molecule has 2 aromatic carbocycles. The van der Waals surface area contributed by atoms with Gasteiger partial charge in [0.15, 0.2) is 6.61 Å². The number of aryl methyl sites for hydroxylation is 1. The first-order valence-electron chi connectivity index (χ1n) is 9.39. The maximum absolute atomic E-state index is 13.3. The van der Waals surface area contributed by atoms with Gasteiger partial charge in [-0.3, -0.25) is 4.79 Å². The average Bonchev–Trinajstić information content (AvgIpc) is 3.40. The minimum Gasteiger partial charge on any atom is -0.452 e. The van der Waals surface area contributed by atoms with E-state index in [0.717, 1.165) is 24.0 Å². The highest BCUT2D eigenvalue weighted by molar-refractivity contribution is 5.97. The van der Waals surface area contributed by atoms with Crippen molar-refractivity contribution >= 4 is 11.9 Å². The largest absolute Gasteiger partial charge is 0.452 e. The van der Waals surface area contributed by atoms with Crippen molar-refractivity contribution < 1.29 is 18.7 Å². The number of benzene rings is 2. The van der Waals surface area contributed by atoms with Crippen LogP contribution in [0.3, 0.4) is 0 Å². The van der Waals surface area contributed by atoms with Crippen molar-refractivity contribution in [3.63, 3.8) is 0 Å². The number of hydrogen-bond donors (Lipinski definition) is 1. The van der Waals surface area contributed by atoms with Gasteiger partial charge in [-0.05, 0) is 50.1 Å². The Morgan fingerprint density at radius 2 is 1.97 bits per heavy atom. The second-order valence-corrected chi connectivity index (χ2v) is 7.10. The summed E-state index contributed by atoms with van der Waals surface area (Å²) in [5, 5.41) is 7.30. The van der Waals surface area contributed by atoms with Gasteiger partial charge < -0.3 is 10.1 Å². The molecule has 0 atom stereocenters. The number of halogens is 1. The molecule has 0 saturated heterocycles. The predicted octanol–water partition coefficient (Wildman–Crippen LogP) is 3.42. The zero-order chi connectivity index (χ0) is 20.4. The predicted molar refractivity (Wildman–Crippen MR) is 105 cm³/mol. The third kappa shape index (κ3) is 4.51. The SMILES string of the molecule is Cc1cccc(-c2nn(-c3ccc(F)cc3)cc2C(=O)OCC(=O)NC2CC2)c1. The summed E-state index contributed by atoms with van der Waals surface area (Å²) in [6, 6.07) is 13.6. The van der Waals surface area contributed by atoms with E-state index in [1.807, 2.05) is 31.2 Å². The molecule has 3 aromatic rings. The third-order valence-electron chi connectivity index (χ3n) is 4.59. The Bertz CT molecular complexity index is 1060. The molecule has 1 aliphatic rings. The minimum atomic E-state index is -0.638. The molecule has 0 radical (unpaired) electrons. The first kappa shape index (κ1) is 18.9. The number of carbonyl (C=O) groups is 2. The third-order valence-corrected chi connectivity index (χ3v) is 4.59. The van der Waals surface area contributed by atoms with Crippen LogP contribution in [0, 0.1) is 12.7 Å². The van der Waals surface area contributed by atoms with Gasteiger partial charge in [-0.1, -0.05) is 23.8 Å². The van der Waals surface area contributed by atoms with Crippen LogP contribution in [0.15, 0.2) is 54.7 Å². The van der Waals surface area contributed by atoms with Crippen LogP contribution < -0.4 is 5.32 Å². The highest BCUT2D eigenvalue weighted by Gasteiger charge is 2.25. The van der Waals surface area contributed by atoms with E-state index in [1.54, 1.807) is 12.1 Å². The quantitative estimate of drug-likeness (QED) is 0.652. The van der Waals surface area contributed by atoms with Gasteiger partial charge in [0.2, 0.25) is 0 Å². The molecule has 1 N–H and O–H groups in total. The zero-order valence-electron chi connectivity index (χ0n) is 15.9. The van der Waals surface area contributed by atoms with E-state index < -0.39 is 5.97 Å². The lowest BCUT2D eigenvalue weighted by molar-refractivity contribution is -0.124. The van der Waals surface area contributed by atoms with E-state index in [9.17, 15) is 14.0 Å². The second-order valence-electron chi connectivity index (χ2n) is 7.10. The van der Waals surface area contributed by atoms with E-state index in [0.29, 0.717) is 11.4 Å². The Hall–Kier alpha value is -3.48. The fourth-order valence-corrected chi connectivity index (χ4v) is 2.96. The summed E-state index contributed by atoms with van der Waals surface area (Å²) in [6.45, 7) is 1.60. The molecule has 1 amide bonds. The highest BCUT2D eigenvalue weighted by atomic mass is 19.1. The summed E-state index contributed by atoms with van der Waals surface area (Å²) in [7, 11) is 0. The molecule has 0 spiro atoms. The van der Waals surface area contributed by atoms with E-state index in [4.69, 9.17) is 4.74 Å². The molecule has 148 valence electrons. The van der Waals surface area contributed by atoms with Crippen LogP contribution in [0.2, 0.25) is 0 Å². The molecule has 29 heavy (non-hydrogen) atoms. The number of hydrogen-bond acceptors (Lipinski definition) is 4. The Labute approximate surface area is 167 Å². The van der Waals surface area contributed by atoms with E-state index in [2.05, 4.69) is 10.4 Å². The maximum atomic E-state index is 13.3. The Balaban J connectivity index is 1.63. The maximum Gasteiger partial charge on any atom is 0.342 e. The van der Waals surface area contributed by atoms with Gasteiger partial charge in [-0.2, -0.15) is 5.10 Å². The molecular weight excluding hydrogens is 373 g/mol. The summed E-state index contributed by atoms with van der Waals surface area (Å²) in [5.41, 5.74) is 3.04. The molecule has 6 nitrogen and oxygen atoms in total. The van der Waals surface area contributed by atoms with Crippen molar-refractivity contribution in [3.8, 4) is 16.9 Å². The van der Waals surface area contributed by atoms with Gasteiger partial charge in [-0.15, -0.1) is 0 Å². The van der Waals surface area contributed by atoms with Gasteiger partial charge >= 0.3 is 5.97 Å². The van der Waals surface area contributed by atoms with Crippen LogP contribution in [-0.4, -0.2) is 34.3 Å². The molecule has 1 aliphatic carbocycles. The van der Waals surface area contributed by atoms with Crippen LogP contribution in [0.4, 0.5) is 4.39 Å². The molecule has 0 unspecified atom stereocenters. The van der Waals surface area contributed by atoms with Gasteiger partial charge in [0.25, 0.3) is 5.91 Å². The van der Waals surface area contributed by atoms with Crippen molar-refractivity contribution in [2.75, 3.05) is 6.61 Å². The fourth-order valence-electron chi connectivity index (χ4n) is 2.96. The Kier molecular flexibility index (Phi) is 5.12. The van der Waals surface area contributed by atoms with Crippen molar-refractivity contribution in [2.24, 2.45) is 0 Å². The second kappa shape index (κ2) is 7.87. The number of aromatic nitrogens is 2. The van der Waals surface area contributed by atoms with Crippen molar-refractivity contribution in [1.82, 2.24) is 15.1 Å². The number of amides is 1. The number of nitrogens with one attached hydrogen (secondary N) is 1. The molecular formula is C22H20FN3O3. The van der Waals surface area contributed by atoms with Crippen LogP contribution in [0.1, 0.15) is 28.8 Å².